The lowest BCUT2D eigenvalue weighted by atomic mass is 10.2. The first kappa shape index (κ1) is 15.4. The third kappa shape index (κ3) is 3.98. The zero-order chi connectivity index (χ0) is 15.2. The van der Waals surface area contributed by atoms with Crippen molar-refractivity contribution in [2.45, 2.75) is 20.3 Å². The molecule has 2 rings (SSSR count). The number of anilines is 1. The number of benzene rings is 1. The summed E-state index contributed by atoms with van der Waals surface area (Å²) in [6, 6.07) is 7.07. The number of amides is 1. The van der Waals surface area contributed by atoms with E-state index in [1.54, 1.807) is 24.3 Å². The van der Waals surface area contributed by atoms with Gasteiger partial charge in [0.15, 0.2) is 5.76 Å². The molecule has 0 unspecified atom stereocenters. The molecule has 1 heterocycles. The summed E-state index contributed by atoms with van der Waals surface area (Å²) in [6.45, 7) is 7.79. The van der Waals surface area contributed by atoms with Gasteiger partial charge in [0.25, 0.3) is 5.91 Å². The Kier molecular flexibility index (Phi) is 5.22. The van der Waals surface area contributed by atoms with E-state index in [2.05, 4.69) is 24.1 Å². The number of hydrogen-bond acceptors (Lipinski definition) is 4. The molecule has 1 aromatic carbocycles. The lowest BCUT2D eigenvalue weighted by molar-refractivity contribution is 0.0923. The number of carbonyl (C=O) groups excluding carboxylic acids is 1. The number of nitrogens with zero attached hydrogens (tertiary/aromatic N) is 1. The van der Waals surface area contributed by atoms with Gasteiger partial charge < -0.3 is 20.4 Å². The highest BCUT2D eigenvalue weighted by Crippen LogP contribution is 2.21. The Morgan fingerprint density at radius 1 is 1.29 bits per heavy atom. The fraction of sp³-hybridized carbons (Fsp3) is 0.438. The molecule has 5 nitrogen and oxygen atoms in total. The minimum Gasteiger partial charge on any atom is -0.451 e. The molecule has 0 atom stereocenters. The van der Waals surface area contributed by atoms with Crippen LogP contribution in [0.4, 0.5) is 5.69 Å². The largest absolute Gasteiger partial charge is 0.451 e. The quantitative estimate of drug-likeness (QED) is 0.768. The summed E-state index contributed by atoms with van der Waals surface area (Å²) in [7, 11) is 0. The van der Waals surface area contributed by atoms with Gasteiger partial charge in [0, 0.05) is 24.2 Å². The second kappa shape index (κ2) is 7.13. The molecule has 0 spiro atoms. The lowest BCUT2D eigenvalue weighted by Crippen LogP contribution is -2.35. The number of fused-ring (bicyclic) bond motifs is 1. The maximum absolute atomic E-state index is 12.1. The van der Waals surface area contributed by atoms with Crippen molar-refractivity contribution in [2.75, 3.05) is 31.9 Å². The van der Waals surface area contributed by atoms with Crippen molar-refractivity contribution in [3.8, 4) is 0 Å². The zero-order valence-corrected chi connectivity index (χ0v) is 12.7. The molecule has 0 aliphatic heterocycles. The van der Waals surface area contributed by atoms with Crippen molar-refractivity contribution in [1.29, 1.82) is 0 Å². The van der Waals surface area contributed by atoms with Crippen molar-refractivity contribution in [1.82, 2.24) is 10.2 Å². The standard InChI is InChI=1S/C16H23N3O2/c1-3-8-19(4-2)9-7-18-16(20)15-11-12-10-13(17)5-6-14(12)21-15/h5-6,10-11H,3-4,7-9,17H2,1-2H3,(H,18,20). The van der Waals surface area contributed by atoms with Crippen molar-refractivity contribution in [2.24, 2.45) is 0 Å². The van der Waals surface area contributed by atoms with Gasteiger partial charge in [-0.1, -0.05) is 13.8 Å². The van der Waals surface area contributed by atoms with Crippen LogP contribution >= 0.6 is 0 Å². The van der Waals surface area contributed by atoms with Crippen LogP contribution in [0.1, 0.15) is 30.8 Å². The number of rotatable bonds is 7. The van der Waals surface area contributed by atoms with E-state index in [9.17, 15) is 4.79 Å². The first-order valence-electron chi connectivity index (χ1n) is 7.43. The zero-order valence-electron chi connectivity index (χ0n) is 12.7. The fourth-order valence-corrected chi connectivity index (χ4v) is 2.33. The molecule has 1 aromatic heterocycles. The summed E-state index contributed by atoms with van der Waals surface area (Å²) in [5.41, 5.74) is 7.06. The van der Waals surface area contributed by atoms with Crippen LogP contribution in [0.2, 0.25) is 0 Å². The predicted molar refractivity (Wildman–Crippen MR) is 85.4 cm³/mol. The SMILES string of the molecule is CCCN(CC)CCNC(=O)c1cc2cc(N)ccc2o1. The summed E-state index contributed by atoms with van der Waals surface area (Å²) < 4.78 is 5.53. The van der Waals surface area contributed by atoms with Gasteiger partial charge in [0.1, 0.15) is 5.58 Å². The summed E-state index contributed by atoms with van der Waals surface area (Å²) >= 11 is 0. The number of nitrogen functional groups attached to an aromatic ring is 1. The molecule has 114 valence electrons. The second-order valence-corrected chi connectivity index (χ2v) is 5.10. The summed E-state index contributed by atoms with van der Waals surface area (Å²) in [5.74, 6) is 0.145. The van der Waals surface area contributed by atoms with Crippen LogP contribution in [0, 0.1) is 0 Å². The number of furan rings is 1. The van der Waals surface area contributed by atoms with Gasteiger partial charge in [-0.05, 0) is 43.8 Å². The van der Waals surface area contributed by atoms with E-state index in [1.165, 1.54) is 0 Å². The van der Waals surface area contributed by atoms with Crippen LogP contribution in [-0.2, 0) is 0 Å². The third-order valence-electron chi connectivity index (χ3n) is 3.46. The molecular weight excluding hydrogens is 266 g/mol. The Morgan fingerprint density at radius 3 is 2.81 bits per heavy atom. The number of nitrogens with one attached hydrogen (secondary N) is 1. The first-order valence-corrected chi connectivity index (χ1v) is 7.43. The van der Waals surface area contributed by atoms with Gasteiger partial charge >= 0.3 is 0 Å². The van der Waals surface area contributed by atoms with Crippen molar-refractivity contribution in [3.63, 3.8) is 0 Å². The van der Waals surface area contributed by atoms with Crippen molar-refractivity contribution >= 4 is 22.6 Å². The normalized spacial score (nSPS) is 11.2. The molecule has 21 heavy (non-hydrogen) atoms. The van der Waals surface area contributed by atoms with E-state index in [4.69, 9.17) is 10.2 Å². The van der Waals surface area contributed by atoms with Gasteiger partial charge in [-0.2, -0.15) is 0 Å². The van der Waals surface area contributed by atoms with Crippen LogP contribution in [0.25, 0.3) is 11.0 Å². The van der Waals surface area contributed by atoms with Gasteiger partial charge in [-0.3, -0.25) is 4.79 Å². The molecule has 0 saturated carbocycles. The van der Waals surface area contributed by atoms with Crippen LogP contribution in [-0.4, -0.2) is 37.0 Å². The van der Waals surface area contributed by atoms with Gasteiger partial charge in [0.05, 0.1) is 0 Å². The maximum Gasteiger partial charge on any atom is 0.287 e. The fourth-order valence-electron chi connectivity index (χ4n) is 2.33. The third-order valence-corrected chi connectivity index (χ3v) is 3.46. The van der Waals surface area contributed by atoms with Crippen LogP contribution in [0.15, 0.2) is 28.7 Å². The number of carbonyl (C=O) groups is 1. The highest BCUT2D eigenvalue weighted by Gasteiger charge is 2.12. The molecule has 0 saturated heterocycles. The predicted octanol–water partition coefficient (Wildman–Crippen LogP) is 2.48. The number of hydrogen-bond donors (Lipinski definition) is 2. The topological polar surface area (TPSA) is 71.5 Å². The van der Waals surface area contributed by atoms with Crippen LogP contribution in [0.3, 0.4) is 0 Å². The Balaban J connectivity index is 1.93. The Morgan fingerprint density at radius 2 is 2.10 bits per heavy atom. The summed E-state index contributed by atoms with van der Waals surface area (Å²) in [6.07, 6.45) is 1.12. The maximum atomic E-state index is 12.1. The Bertz CT molecular complexity index is 607. The molecule has 0 aliphatic carbocycles. The average Bonchev–Trinajstić information content (AvgIpc) is 2.89. The highest BCUT2D eigenvalue weighted by molar-refractivity contribution is 5.96. The number of nitrogens with two attached hydrogens (primary N) is 1. The van der Waals surface area contributed by atoms with Gasteiger partial charge in [-0.25, -0.2) is 0 Å². The molecule has 0 bridgehead atoms. The van der Waals surface area contributed by atoms with E-state index in [-0.39, 0.29) is 5.91 Å². The van der Waals surface area contributed by atoms with E-state index in [0.29, 0.717) is 23.6 Å². The second-order valence-electron chi connectivity index (χ2n) is 5.10. The van der Waals surface area contributed by atoms with E-state index < -0.39 is 0 Å². The van der Waals surface area contributed by atoms with Crippen LogP contribution in [0.5, 0.6) is 0 Å². The molecule has 2 aromatic rings. The summed E-state index contributed by atoms with van der Waals surface area (Å²) in [5, 5.41) is 3.74. The molecule has 0 fully saturated rings. The molecule has 1 amide bonds. The smallest absolute Gasteiger partial charge is 0.287 e. The Labute approximate surface area is 125 Å². The molecule has 0 aliphatic rings. The Hall–Kier alpha value is -2.01. The number of likely N-dealkylation sites (N-methyl/N-ethyl adjacent to an activating group) is 1. The first-order chi connectivity index (χ1) is 10.1. The lowest BCUT2D eigenvalue weighted by Gasteiger charge is -2.19. The molecular formula is C16H23N3O2. The van der Waals surface area contributed by atoms with E-state index >= 15 is 0 Å². The highest BCUT2D eigenvalue weighted by atomic mass is 16.3. The van der Waals surface area contributed by atoms with Crippen molar-refractivity contribution < 1.29 is 9.21 Å². The minimum absolute atomic E-state index is 0.183. The monoisotopic (exact) mass is 289 g/mol. The van der Waals surface area contributed by atoms with E-state index in [1.807, 2.05) is 0 Å². The average molecular weight is 289 g/mol. The van der Waals surface area contributed by atoms with Crippen LogP contribution < -0.4 is 11.1 Å². The molecule has 5 heteroatoms. The molecule has 3 N–H and O–H groups in total. The van der Waals surface area contributed by atoms with Gasteiger partial charge in [0.2, 0.25) is 0 Å². The summed E-state index contributed by atoms with van der Waals surface area (Å²) in [4.78, 5) is 14.4. The van der Waals surface area contributed by atoms with Gasteiger partial charge in [-0.15, -0.1) is 0 Å². The minimum atomic E-state index is -0.183. The molecule has 0 radical (unpaired) electrons. The van der Waals surface area contributed by atoms with E-state index in [0.717, 1.165) is 31.4 Å². The van der Waals surface area contributed by atoms with Crippen molar-refractivity contribution in [3.05, 3.63) is 30.0 Å².